The molecular formula is C54H78N8O16S2. The summed E-state index contributed by atoms with van der Waals surface area (Å²) in [5.74, 6) is -5.24. The van der Waals surface area contributed by atoms with Crippen LogP contribution in [0.5, 0.6) is 0 Å². The van der Waals surface area contributed by atoms with Crippen molar-refractivity contribution in [2.45, 2.75) is 77.6 Å². The van der Waals surface area contributed by atoms with Gasteiger partial charge in [-0.1, -0.05) is 102 Å². The van der Waals surface area contributed by atoms with E-state index in [1.54, 1.807) is 31.4 Å². The number of fused-ring (bicyclic) bond motifs is 1. The minimum Gasteiger partial charge on any atom is -0.481 e. The molecule has 0 unspecified atom stereocenters. The van der Waals surface area contributed by atoms with Crippen LogP contribution in [0.3, 0.4) is 0 Å². The molecule has 80 heavy (non-hydrogen) atoms. The van der Waals surface area contributed by atoms with Crippen LogP contribution in [0.25, 0.3) is 0 Å². The maximum Gasteiger partial charge on any atom is 0.315 e. The number of ether oxygens (including phenoxy) is 5. The van der Waals surface area contributed by atoms with Crippen molar-refractivity contribution in [2.75, 3.05) is 97.7 Å². The number of rotatable bonds is 42. The Labute approximate surface area is 474 Å². The molecule has 0 aromatic heterocycles. The van der Waals surface area contributed by atoms with E-state index in [2.05, 4.69) is 38.8 Å². The fourth-order valence-electron chi connectivity index (χ4n) is 7.51. The van der Waals surface area contributed by atoms with Crippen LogP contribution in [0, 0.1) is 11.8 Å². The predicted octanol–water partition coefficient (Wildman–Crippen LogP) is 2.32. The SMILES string of the molecule is CCSSC[C@H](NC(=O)[C@H](CCCCNC(=O)CON1C(=O)c2ccccc2C1=O)NC(=O)COCCOCCNC(=O)COCCOCCNC(=O)N[C@@H](/C=C/C(C)=C/[C@H](C)[C@H](Cc1ccccc1)OC)[C@H](C)C(=O)O)C(N)=O. The number of primary amides is 1. The van der Waals surface area contributed by atoms with Gasteiger partial charge in [0.1, 0.15) is 25.3 Å². The molecule has 0 aliphatic carbocycles. The smallest absolute Gasteiger partial charge is 0.315 e. The number of carbonyl (C=O) groups excluding carboxylic acids is 8. The van der Waals surface area contributed by atoms with Crippen molar-refractivity contribution in [2.24, 2.45) is 17.6 Å². The lowest BCUT2D eigenvalue weighted by atomic mass is 9.95. The molecule has 9 amide bonds. The highest BCUT2D eigenvalue weighted by Crippen LogP contribution is 2.23. The van der Waals surface area contributed by atoms with Gasteiger partial charge in [0.05, 0.1) is 68.8 Å². The van der Waals surface area contributed by atoms with E-state index in [0.717, 1.165) is 23.3 Å². The molecule has 0 fully saturated rings. The van der Waals surface area contributed by atoms with Gasteiger partial charge in [-0.2, -0.15) is 0 Å². The summed E-state index contributed by atoms with van der Waals surface area (Å²) in [4.78, 5) is 118. The number of carbonyl (C=O) groups is 9. The van der Waals surface area contributed by atoms with E-state index in [4.69, 9.17) is 34.3 Å². The lowest BCUT2D eigenvalue weighted by Gasteiger charge is -2.22. The molecule has 0 saturated heterocycles. The average Bonchev–Trinajstić information content (AvgIpc) is 3.69. The first kappa shape index (κ1) is 67.9. The van der Waals surface area contributed by atoms with Crippen molar-refractivity contribution in [1.82, 2.24) is 37.0 Å². The van der Waals surface area contributed by atoms with Gasteiger partial charge in [-0.25, -0.2) is 4.79 Å². The Balaban J connectivity index is 1.26. The van der Waals surface area contributed by atoms with Gasteiger partial charge in [0.15, 0.2) is 6.61 Å². The van der Waals surface area contributed by atoms with E-state index in [1.165, 1.54) is 40.6 Å². The average molecular weight is 1160 g/mol. The number of carboxylic acids is 1. The number of nitrogens with one attached hydrogen (secondary N) is 6. The maximum absolute atomic E-state index is 13.3. The standard InChI is InChI=1S/C54H78N8O16S2/c1-6-79-80-35-44(49(55)66)60-50(67)43(18-12-13-21-56-47(64)34-78-62-51(68)40-16-10-11-17-41(40)52(62)69)59-48(65)33-77-29-27-74-24-22-57-46(63)32-76-28-26-75-25-23-58-54(72)61-42(38(4)53(70)71)20-19-36(2)30-37(3)45(73-5)31-39-14-8-7-9-15-39/h7-11,14-17,19-20,30,37-38,42-45H,6,12-13,18,21-29,31-35H2,1-5H3,(H2,55,66)(H,56,64)(H,57,63)(H,59,65)(H,60,67)(H,70,71)(H2,58,61,72)/b20-19+,36-30+/t37-,38-,42-,43-,44-,45-/m0/s1. The number of benzene rings is 2. The van der Waals surface area contributed by atoms with Crippen LogP contribution in [0.2, 0.25) is 0 Å². The van der Waals surface area contributed by atoms with Gasteiger partial charge in [0.2, 0.25) is 29.5 Å². The minimum absolute atomic E-state index is 0.0135. The number of methoxy groups -OCH3 is 1. The summed E-state index contributed by atoms with van der Waals surface area (Å²) in [5.41, 5.74) is 7.93. The van der Waals surface area contributed by atoms with Gasteiger partial charge in [-0.15, -0.1) is 5.06 Å². The first-order chi connectivity index (χ1) is 38.4. The van der Waals surface area contributed by atoms with Crippen molar-refractivity contribution < 1.29 is 76.8 Å². The number of hydrogen-bond donors (Lipinski definition) is 8. The van der Waals surface area contributed by atoms with Crippen LogP contribution in [0.1, 0.15) is 73.2 Å². The first-order valence-corrected chi connectivity index (χ1v) is 28.7. The summed E-state index contributed by atoms with van der Waals surface area (Å²) in [6.45, 7) is 7.23. The zero-order valence-electron chi connectivity index (χ0n) is 46.0. The molecular weight excluding hydrogens is 1080 g/mol. The Kier molecular flexibility index (Phi) is 33.2. The van der Waals surface area contributed by atoms with Crippen LogP contribution in [0.15, 0.2) is 78.4 Å². The zero-order valence-corrected chi connectivity index (χ0v) is 47.7. The third-order valence-electron chi connectivity index (χ3n) is 11.9. The number of urea groups is 1. The molecule has 1 aliphatic heterocycles. The van der Waals surface area contributed by atoms with Crippen LogP contribution in [-0.2, 0) is 63.7 Å². The first-order valence-electron chi connectivity index (χ1n) is 26.2. The largest absolute Gasteiger partial charge is 0.481 e. The highest BCUT2D eigenvalue weighted by atomic mass is 33.1. The van der Waals surface area contributed by atoms with Crippen LogP contribution >= 0.6 is 21.6 Å². The molecule has 0 saturated carbocycles. The molecule has 24 nitrogen and oxygen atoms in total. The third kappa shape index (κ3) is 26.7. The normalized spacial score (nSPS) is 14.6. The molecule has 442 valence electrons. The van der Waals surface area contributed by atoms with E-state index >= 15 is 0 Å². The second-order valence-corrected chi connectivity index (χ2v) is 21.0. The number of allylic oxidation sites excluding steroid dienone is 2. The fraction of sp³-hybridized carbons (Fsp3) is 0.537. The van der Waals surface area contributed by atoms with Gasteiger partial charge < -0.3 is 66.4 Å². The Morgan fingerprint density at radius 3 is 1.90 bits per heavy atom. The van der Waals surface area contributed by atoms with Gasteiger partial charge in [-0.05, 0) is 57.2 Å². The van der Waals surface area contributed by atoms with E-state index < -0.39 is 90.6 Å². The van der Waals surface area contributed by atoms with Crippen LogP contribution < -0.4 is 37.6 Å². The van der Waals surface area contributed by atoms with Gasteiger partial charge in [0.25, 0.3) is 11.8 Å². The van der Waals surface area contributed by atoms with E-state index in [-0.39, 0.29) is 101 Å². The lowest BCUT2D eigenvalue weighted by molar-refractivity contribution is -0.142. The number of nitrogens with zero attached hydrogens (tertiary/aromatic N) is 1. The number of unbranched alkanes of at least 4 members (excludes halogenated alkanes) is 1. The molecule has 1 heterocycles. The monoisotopic (exact) mass is 1160 g/mol. The number of hydrogen-bond acceptors (Lipinski definition) is 17. The zero-order chi connectivity index (χ0) is 58.7. The van der Waals surface area contributed by atoms with Gasteiger partial charge in [0, 0.05) is 44.2 Å². The molecule has 2 aromatic carbocycles. The Bertz CT molecular complexity index is 2330. The summed E-state index contributed by atoms with van der Waals surface area (Å²) in [6, 6.07) is 12.8. The number of amides is 9. The van der Waals surface area contributed by atoms with E-state index in [9.17, 15) is 48.3 Å². The molecule has 0 radical (unpaired) electrons. The predicted molar refractivity (Wildman–Crippen MR) is 300 cm³/mol. The fourth-order valence-corrected chi connectivity index (χ4v) is 9.35. The molecule has 0 spiro atoms. The summed E-state index contributed by atoms with van der Waals surface area (Å²) < 4.78 is 27.4. The summed E-state index contributed by atoms with van der Waals surface area (Å²) in [7, 11) is 4.53. The number of imide groups is 1. The van der Waals surface area contributed by atoms with E-state index in [0.29, 0.717) is 17.9 Å². The van der Waals surface area contributed by atoms with Crippen LogP contribution in [0.4, 0.5) is 4.79 Å². The summed E-state index contributed by atoms with van der Waals surface area (Å²) >= 11 is 0. The topological polar surface area (TPSA) is 331 Å². The van der Waals surface area contributed by atoms with Crippen molar-refractivity contribution in [3.05, 3.63) is 95.1 Å². The highest BCUT2D eigenvalue weighted by molar-refractivity contribution is 8.76. The summed E-state index contributed by atoms with van der Waals surface area (Å²) in [6.07, 6.45) is 7.00. The maximum atomic E-state index is 13.3. The lowest BCUT2D eigenvalue weighted by Crippen LogP contribution is -2.54. The van der Waals surface area contributed by atoms with E-state index in [1.807, 2.05) is 50.3 Å². The van der Waals surface area contributed by atoms with Crippen molar-refractivity contribution in [1.29, 1.82) is 0 Å². The molecule has 26 heteroatoms. The second kappa shape index (κ2) is 39.1. The quantitative estimate of drug-likeness (QED) is 0.0205. The van der Waals surface area contributed by atoms with Crippen molar-refractivity contribution in [3.63, 3.8) is 0 Å². The van der Waals surface area contributed by atoms with Gasteiger partial charge >= 0.3 is 12.0 Å². The molecule has 3 rings (SSSR count). The number of carboxylic acid groups (broad SMARTS) is 1. The number of nitrogens with two attached hydrogens (primary N) is 1. The minimum atomic E-state index is -1.08. The second-order valence-electron chi connectivity index (χ2n) is 18.2. The Morgan fingerprint density at radius 2 is 1.29 bits per heavy atom. The molecule has 0 bridgehead atoms. The highest BCUT2D eigenvalue weighted by Gasteiger charge is 2.37. The van der Waals surface area contributed by atoms with Crippen molar-refractivity contribution >= 4 is 74.9 Å². The molecule has 2 aromatic rings. The number of hydroxylamine groups is 2. The van der Waals surface area contributed by atoms with Crippen molar-refractivity contribution in [3.8, 4) is 0 Å². The Hall–Kier alpha value is -6.39. The third-order valence-corrected chi connectivity index (χ3v) is 14.4. The molecule has 6 atom stereocenters. The number of aliphatic carboxylic acids is 1. The van der Waals surface area contributed by atoms with Crippen LogP contribution in [-0.4, -0.2) is 185 Å². The molecule has 9 N–H and O–H groups in total. The summed E-state index contributed by atoms with van der Waals surface area (Å²) in [5, 5.41) is 26.1. The Morgan fingerprint density at radius 1 is 0.700 bits per heavy atom. The van der Waals surface area contributed by atoms with Gasteiger partial charge in [-0.3, -0.25) is 43.2 Å². The molecule has 1 aliphatic rings.